The van der Waals surface area contributed by atoms with Gasteiger partial charge in [0.05, 0.1) is 19.4 Å². The summed E-state index contributed by atoms with van der Waals surface area (Å²) in [4.78, 5) is 0. The normalized spacial score (nSPS) is 10.3. The van der Waals surface area contributed by atoms with Crippen molar-refractivity contribution in [2.24, 2.45) is 5.73 Å². The van der Waals surface area contributed by atoms with Crippen LogP contribution in [0.15, 0.2) is 41.0 Å². The first-order chi connectivity index (χ1) is 8.83. The molecular formula is C14H17NO3. The van der Waals surface area contributed by atoms with Crippen LogP contribution in [0.3, 0.4) is 0 Å². The van der Waals surface area contributed by atoms with Crippen molar-refractivity contribution in [1.82, 2.24) is 0 Å². The Labute approximate surface area is 106 Å². The smallest absolute Gasteiger partial charge is 0.123 e. The number of furan rings is 1. The van der Waals surface area contributed by atoms with Crippen LogP contribution < -0.4 is 15.2 Å². The molecule has 0 saturated carbocycles. The number of ether oxygens (including phenoxy) is 2. The second-order valence-corrected chi connectivity index (χ2v) is 3.77. The zero-order valence-corrected chi connectivity index (χ0v) is 10.4. The SMILES string of the molecule is CCOc1cccc(OCc2ccoc2CN)c1. The van der Waals surface area contributed by atoms with Crippen LogP contribution in [0, 0.1) is 0 Å². The highest BCUT2D eigenvalue weighted by Crippen LogP contribution is 2.21. The molecule has 4 nitrogen and oxygen atoms in total. The summed E-state index contributed by atoms with van der Waals surface area (Å²) >= 11 is 0. The topological polar surface area (TPSA) is 57.6 Å². The second kappa shape index (κ2) is 6.12. The fraction of sp³-hybridized carbons (Fsp3) is 0.286. The Morgan fingerprint density at radius 2 is 1.94 bits per heavy atom. The van der Waals surface area contributed by atoms with Gasteiger partial charge in [-0.05, 0) is 25.1 Å². The Morgan fingerprint density at radius 1 is 1.17 bits per heavy atom. The third kappa shape index (κ3) is 3.05. The van der Waals surface area contributed by atoms with Crippen LogP contribution in [-0.4, -0.2) is 6.61 Å². The van der Waals surface area contributed by atoms with E-state index < -0.39 is 0 Å². The van der Waals surface area contributed by atoms with Gasteiger partial charge >= 0.3 is 0 Å². The first kappa shape index (κ1) is 12.5. The summed E-state index contributed by atoms with van der Waals surface area (Å²) in [6.45, 7) is 3.42. The minimum atomic E-state index is 0.380. The van der Waals surface area contributed by atoms with Crippen LogP contribution in [-0.2, 0) is 13.2 Å². The first-order valence-corrected chi connectivity index (χ1v) is 5.94. The molecular weight excluding hydrogens is 230 g/mol. The average molecular weight is 247 g/mol. The van der Waals surface area contributed by atoms with Crippen molar-refractivity contribution in [3.05, 3.63) is 47.9 Å². The molecule has 2 N–H and O–H groups in total. The largest absolute Gasteiger partial charge is 0.494 e. The van der Waals surface area contributed by atoms with Gasteiger partial charge in [0.25, 0.3) is 0 Å². The molecule has 0 aliphatic heterocycles. The van der Waals surface area contributed by atoms with Gasteiger partial charge in [-0.2, -0.15) is 0 Å². The molecule has 0 unspecified atom stereocenters. The second-order valence-electron chi connectivity index (χ2n) is 3.77. The van der Waals surface area contributed by atoms with E-state index in [-0.39, 0.29) is 0 Å². The Kier molecular flexibility index (Phi) is 4.25. The fourth-order valence-corrected chi connectivity index (χ4v) is 1.66. The van der Waals surface area contributed by atoms with E-state index in [4.69, 9.17) is 19.6 Å². The highest BCUT2D eigenvalue weighted by Gasteiger charge is 2.05. The summed E-state index contributed by atoms with van der Waals surface area (Å²) in [6, 6.07) is 9.43. The molecule has 96 valence electrons. The number of hydrogen-bond acceptors (Lipinski definition) is 4. The quantitative estimate of drug-likeness (QED) is 0.852. The number of rotatable bonds is 6. The van der Waals surface area contributed by atoms with Gasteiger partial charge in [0.2, 0.25) is 0 Å². The molecule has 0 bridgehead atoms. The molecule has 2 aromatic rings. The maximum absolute atomic E-state index is 5.68. The Balaban J connectivity index is 1.99. The van der Waals surface area contributed by atoms with Gasteiger partial charge in [0, 0.05) is 11.6 Å². The summed E-state index contributed by atoms with van der Waals surface area (Å²) in [5, 5.41) is 0. The van der Waals surface area contributed by atoms with E-state index in [0.29, 0.717) is 19.8 Å². The summed E-state index contributed by atoms with van der Waals surface area (Å²) < 4.78 is 16.3. The summed E-state index contributed by atoms with van der Waals surface area (Å²) in [6.07, 6.45) is 1.62. The molecule has 1 aromatic carbocycles. The monoisotopic (exact) mass is 247 g/mol. The van der Waals surface area contributed by atoms with E-state index in [9.17, 15) is 0 Å². The first-order valence-electron chi connectivity index (χ1n) is 5.94. The van der Waals surface area contributed by atoms with Crippen LogP contribution in [0.5, 0.6) is 11.5 Å². The molecule has 0 spiro atoms. The highest BCUT2D eigenvalue weighted by molar-refractivity contribution is 5.33. The molecule has 4 heteroatoms. The molecule has 0 saturated heterocycles. The van der Waals surface area contributed by atoms with E-state index in [1.54, 1.807) is 6.26 Å². The van der Waals surface area contributed by atoms with Crippen molar-refractivity contribution in [3.8, 4) is 11.5 Å². The van der Waals surface area contributed by atoms with Gasteiger partial charge in [0.15, 0.2) is 0 Å². The van der Waals surface area contributed by atoms with E-state index in [0.717, 1.165) is 22.8 Å². The lowest BCUT2D eigenvalue weighted by Gasteiger charge is -2.08. The zero-order chi connectivity index (χ0) is 12.8. The average Bonchev–Trinajstić information content (AvgIpc) is 2.84. The lowest BCUT2D eigenvalue weighted by molar-refractivity contribution is 0.296. The molecule has 0 aliphatic rings. The van der Waals surface area contributed by atoms with Crippen LogP contribution >= 0.6 is 0 Å². The molecule has 0 atom stereocenters. The lowest BCUT2D eigenvalue weighted by Crippen LogP contribution is -2.02. The molecule has 1 heterocycles. The van der Waals surface area contributed by atoms with Gasteiger partial charge in [-0.25, -0.2) is 0 Å². The molecule has 0 radical (unpaired) electrons. The minimum absolute atomic E-state index is 0.380. The standard InChI is InChI=1S/C14H17NO3/c1-2-16-12-4-3-5-13(8-12)18-10-11-6-7-17-14(11)9-15/h3-8H,2,9-10,15H2,1H3. The van der Waals surface area contributed by atoms with Crippen molar-refractivity contribution in [2.75, 3.05) is 6.61 Å². The van der Waals surface area contributed by atoms with Crippen molar-refractivity contribution in [2.45, 2.75) is 20.1 Å². The molecule has 18 heavy (non-hydrogen) atoms. The zero-order valence-electron chi connectivity index (χ0n) is 10.4. The molecule has 0 fully saturated rings. The summed E-state index contributed by atoms with van der Waals surface area (Å²) in [5.41, 5.74) is 6.53. The van der Waals surface area contributed by atoms with Crippen LogP contribution in [0.1, 0.15) is 18.2 Å². The van der Waals surface area contributed by atoms with Gasteiger partial charge in [-0.1, -0.05) is 6.07 Å². The van der Waals surface area contributed by atoms with Crippen LogP contribution in [0.25, 0.3) is 0 Å². The maximum Gasteiger partial charge on any atom is 0.123 e. The number of nitrogens with two attached hydrogens (primary N) is 1. The Morgan fingerprint density at radius 3 is 2.67 bits per heavy atom. The highest BCUT2D eigenvalue weighted by atomic mass is 16.5. The van der Waals surface area contributed by atoms with Crippen LogP contribution in [0.4, 0.5) is 0 Å². The third-order valence-electron chi connectivity index (χ3n) is 2.53. The third-order valence-corrected chi connectivity index (χ3v) is 2.53. The number of benzene rings is 1. The van der Waals surface area contributed by atoms with Gasteiger partial charge in [-0.3, -0.25) is 0 Å². The molecule has 0 aliphatic carbocycles. The van der Waals surface area contributed by atoms with Gasteiger partial charge < -0.3 is 19.6 Å². The number of hydrogen-bond donors (Lipinski definition) is 1. The Bertz CT molecular complexity index is 493. The molecule has 0 amide bonds. The van der Waals surface area contributed by atoms with Crippen molar-refractivity contribution >= 4 is 0 Å². The van der Waals surface area contributed by atoms with Crippen molar-refractivity contribution in [1.29, 1.82) is 0 Å². The summed E-state index contributed by atoms with van der Waals surface area (Å²) in [5.74, 6) is 2.34. The van der Waals surface area contributed by atoms with Crippen molar-refractivity contribution in [3.63, 3.8) is 0 Å². The summed E-state index contributed by atoms with van der Waals surface area (Å²) in [7, 11) is 0. The van der Waals surface area contributed by atoms with Crippen LogP contribution in [0.2, 0.25) is 0 Å². The van der Waals surface area contributed by atoms with Crippen molar-refractivity contribution < 1.29 is 13.9 Å². The molecule has 2 rings (SSSR count). The lowest BCUT2D eigenvalue weighted by atomic mass is 10.2. The predicted octanol–water partition coefficient (Wildman–Crippen LogP) is 2.72. The molecule has 1 aromatic heterocycles. The fourth-order valence-electron chi connectivity index (χ4n) is 1.66. The van der Waals surface area contributed by atoms with Gasteiger partial charge in [-0.15, -0.1) is 0 Å². The van der Waals surface area contributed by atoms with Gasteiger partial charge in [0.1, 0.15) is 23.9 Å². The Hall–Kier alpha value is -1.94. The minimum Gasteiger partial charge on any atom is -0.494 e. The maximum atomic E-state index is 5.68. The van der Waals surface area contributed by atoms with E-state index in [1.807, 2.05) is 37.3 Å². The van der Waals surface area contributed by atoms with E-state index in [1.165, 1.54) is 0 Å². The van der Waals surface area contributed by atoms with E-state index >= 15 is 0 Å². The predicted molar refractivity (Wildman–Crippen MR) is 68.5 cm³/mol. The van der Waals surface area contributed by atoms with E-state index in [2.05, 4.69) is 0 Å².